The Balaban J connectivity index is 2.18. The van der Waals surface area contributed by atoms with Gasteiger partial charge in [-0.2, -0.15) is 0 Å². The third kappa shape index (κ3) is 2.75. The summed E-state index contributed by atoms with van der Waals surface area (Å²) in [6.07, 6.45) is 0. The molecule has 0 atom stereocenters. The number of aliphatic hydroxyl groups excluding tert-OH is 1. The summed E-state index contributed by atoms with van der Waals surface area (Å²) in [4.78, 5) is 1.14. The Morgan fingerprint density at radius 2 is 1.93 bits per heavy atom. The van der Waals surface area contributed by atoms with Crippen molar-refractivity contribution in [1.29, 1.82) is 0 Å². The van der Waals surface area contributed by atoms with Gasteiger partial charge in [0.2, 0.25) is 0 Å². The van der Waals surface area contributed by atoms with Crippen molar-refractivity contribution in [3.8, 4) is 0 Å². The number of hydrogen-bond acceptors (Lipinski definition) is 3. The highest BCUT2D eigenvalue weighted by Gasteiger charge is 2.04. The van der Waals surface area contributed by atoms with Crippen molar-refractivity contribution >= 4 is 34.7 Å². The number of aliphatic hydroxyl groups is 1. The molecule has 78 valence electrons. The molecule has 0 aliphatic rings. The molecule has 1 nitrogen and oxygen atoms in total. The minimum Gasteiger partial charge on any atom is -0.392 e. The Labute approximate surface area is 102 Å². The summed E-state index contributed by atoms with van der Waals surface area (Å²) >= 11 is 9.10. The molecule has 1 aromatic carbocycles. The Morgan fingerprint density at radius 3 is 2.60 bits per heavy atom. The summed E-state index contributed by atoms with van der Waals surface area (Å²) in [5.74, 6) is 0. The van der Waals surface area contributed by atoms with E-state index in [4.69, 9.17) is 16.7 Å². The maximum atomic E-state index is 9.10. The van der Waals surface area contributed by atoms with Crippen molar-refractivity contribution in [1.82, 2.24) is 0 Å². The molecule has 2 aromatic rings. The van der Waals surface area contributed by atoms with Gasteiger partial charge >= 0.3 is 0 Å². The van der Waals surface area contributed by atoms with Gasteiger partial charge in [-0.25, -0.2) is 0 Å². The molecule has 0 amide bonds. The van der Waals surface area contributed by atoms with Crippen molar-refractivity contribution in [2.75, 3.05) is 0 Å². The Bertz CT molecular complexity index is 436. The maximum absolute atomic E-state index is 9.10. The summed E-state index contributed by atoms with van der Waals surface area (Å²) in [5, 5.41) is 11.8. The van der Waals surface area contributed by atoms with Gasteiger partial charge in [-0.15, -0.1) is 11.3 Å². The molecule has 1 heterocycles. The van der Waals surface area contributed by atoms with Gasteiger partial charge in [0.05, 0.1) is 10.8 Å². The van der Waals surface area contributed by atoms with E-state index in [9.17, 15) is 0 Å². The molecule has 2 rings (SSSR count). The molecule has 0 spiro atoms. The molecule has 0 radical (unpaired) electrons. The van der Waals surface area contributed by atoms with Gasteiger partial charge in [0, 0.05) is 15.5 Å². The van der Waals surface area contributed by atoms with E-state index < -0.39 is 0 Å². The first-order chi connectivity index (χ1) is 7.29. The maximum Gasteiger partial charge on any atom is 0.0701 e. The topological polar surface area (TPSA) is 20.2 Å². The second-order valence-corrected chi connectivity index (χ2v) is 5.64. The summed E-state index contributed by atoms with van der Waals surface area (Å²) < 4.78 is 1.14. The first kappa shape index (κ1) is 11.0. The molecule has 0 saturated carbocycles. The standard InChI is InChI=1S/C11H9ClOS2/c12-9-1-3-10(4-2-9)15-11-8(7-13)5-6-14-11/h1-6,13H,7H2. The molecule has 0 bridgehead atoms. The lowest BCUT2D eigenvalue weighted by Crippen LogP contribution is -1.79. The quantitative estimate of drug-likeness (QED) is 0.894. The lowest BCUT2D eigenvalue weighted by atomic mass is 10.4. The molecule has 0 unspecified atom stereocenters. The van der Waals surface area contributed by atoms with Crippen LogP contribution in [0.2, 0.25) is 5.02 Å². The van der Waals surface area contributed by atoms with Gasteiger partial charge in [-0.1, -0.05) is 23.4 Å². The number of benzene rings is 1. The van der Waals surface area contributed by atoms with Crippen LogP contribution in [-0.2, 0) is 6.61 Å². The van der Waals surface area contributed by atoms with Crippen molar-refractivity contribution in [2.45, 2.75) is 15.7 Å². The molecular weight excluding hydrogens is 248 g/mol. The SMILES string of the molecule is OCc1ccsc1Sc1ccc(Cl)cc1. The minimum atomic E-state index is 0.0966. The van der Waals surface area contributed by atoms with Crippen molar-refractivity contribution in [3.05, 3.63) is 46.3 Å². The van der Waals surface area contributed by atoms with E-state index in [1.807, 2.05) is 35.7 Å². The normalized spacial score (nSPS) is 10.5. The molecule has 4 heteroatoms. The van der Waals surface area contributed by atoms with E-state index in [1.165, 1.54) is 0 Å². The van der Waals surface area contributed by atoms with Crippen LogP contribution in [0.4, 0.5) is 0 Å². The highest BCUT2D eigenvalue weighted by Crippen LogP contribution is 2.35. The highest BCUT2D eigenvalue weighted by atomic mass is 35.5. The highest BCUT2D eigenvalue weighted by molar-refractivity contribution is 8.01. The zero-order valence-corrected chi connectivity index (χ0v) is 10.2. The van der Waals surface area contributed by atoms with Crippen molar-refractivity contribution in [2.24, 2.45) is 0 Å². The first-order valence-corrected chi connectivity index (χ1v) is 6.47. The second-order valence-electron chi connectivity index (χ2n) is 2.95. The van der Waals surface area contributed by atoms with Crippen LogP contribution in [0.25, 0.3) is 0 Å². The monoisotopic (exact) mass is 256 g/mol. The van der Waals surface area contributed by atoms with Crippen LogP contribution in [0.1, 0.15) is 5.56 Å². The van der Waals surface area contributed by atoms with E-state index in [-0.39, 0.29) is 6.61 Å². The van der Waals surface area contributed by atoms with Crippen molar-refractivity contribution in [3.63, 3.8) is 0 Å². The third-order valence-electron chi connectivity index (χ3n) is 1.90. The molecule has 15 heavy (non-hydrogen) atoms. The number of hydrogen-bond donors (Lipinski definition) is 1. The molecule has 0 fully saturated rings. The van der Waals surface area contributed by atoms with Crippen LogP contribution in [-0.4, -0.2) is 5.11 Å². The predicted octanol–water partition coefficient (Wildman–Crippen LogP) is 4.05. The lowest BCUT2D eigenvalue weighted by molar-refractivity contribution is 0.280. The zero-order valence-electron chi connectivity index (χ0n) is 7.81. The third-order valence-corrected chi connectivity index (χ3v) is 4.40. The van der Waals surface area contributed by atoms with Crippen LogP contribution in [0.3, 0.4) is 0 Å². The molecule has 0 aliphatic carbocycles. The van der Waals surface area contributed by atoms with Crippen LogP contribution in [0, 0.1) is 0 Å². The van der Waals surface area contributed by atoms with Gasteiger partial charge in [-0.05, 0) is 35.7 Å². The smallest absolute Gasteiger partial charge is 0.0701 e. The molecule has 1 N–H and O–H groups in total. The van der Waals surface area contributed by atoms with Gasteiger partial charge in [0.1, 0.15) is 0 Å². The summed E-state index contributed by atoms with van der Waals surface area (Å²) in [5.41, 5.74) is 0.986. The number of rotatable bonds is 3. The predicted molar refractivity (Wildman–Crippen MR) is 65.8 cm³/mol. The van der Waals surface area contributed by atoms with Gasteiger partial charge in [0.25, 0.3) is 0 Å². The van der Waals surface area contributed by atoms with Crippen LogP contribution in [0.5, 0.6) is 0 Å². The van der Waals surface area contributed by atoms with Crippen LogP contribution < -0.4 is 0 Å². The Hall–Kier alpha value is -0.480. The van der Waals surface area contributed by atoms with E-state index in [2.05, 4.69) is 0 Å². The first-order valence-electron chi connectivity index (χ1n) is 4.40. The summed E-state index contributed by atoms with van der Waals surface area (Å²) in [7, 11) is 0. The summed E-state index contributed by atoms with van der Waals surface area (Å²) in [6, 6.07) is 9.65. The number of halogens is 1. The Morgan fingerprint density at radius 1 is 1.20 bits per heavy atom. The fraction of sp³-hybridized carbons (Fsp3) is 0.0909. The lowest BCUT2D eigenvalue weighted by Gasteiger charge is -2.01. The molecule has 1 aromatic heterocycles. The van der Waals surface area contributed by atoms with Crippen LogP contribution in [0.15, 0.2) is 44.8 Å². The van der Waals surface area contributed by atoms with Crippen LogP contribution >= 0.6 is 34.7 Å². The van der Waals surface area contributed by atoms with E-state index in [1.54, 1.807) is 23.1 Å². The molecule has 0 saturated heterocycles. The Kier molecular flexibility index (Phi) is 3.70. The summed E-state index contributed by atoms with van der Waals surface area (Å²) in [6.45, 7) is 0.0966. The second kappa shape index (κ2) is 5.03. The van der Waals surface area contributed by atoms with Crippen molar-refractivity contribution < 1.29 is 5.11 Å². The molecule has 0 aliphatic heterocycles. The number of thiophene rings is 1. The minimum absolute atomic E-state index is 0.0966. The average Bonchev–Trinajstić information content (AvgIpc) is 2.69. The fourth-order valence-electron chi connectivity index (χ4n) is 1.14. The largest absolute Gasteiger partial charge is 0.392 e. The average molecular weight is 257 g/mol. The fourth-order valence-corrected chi connectivity index (χ4v) is 3.30. The van der Waals surface area contributed by atoms with Gasteiger partial charge in [-0.3, -0.25) is 0 Å². The van der Waals surface area contributed by atoms with E-state index in [0.29, 0.717) is 0 Å². The van der Waals surface area contributed by atoms with Gasteiger partial charge in [0.15, 0.2) is 0 Å². The van der Waals surface area contributed by atoms with Gasteiger partial charge < -0.3 is 5.11 Å². The van der Waals surface area contributed by atoms with E-state index in [0.717, 1.165) is 19.7 Å². The zero-order chi connectivity index (χ0) is 10.7. The van der Waals surface area contributed by atoms with E-state index >= 15 is 0 Å². The molecular formula is C11H9ClOS2.